The number of para-hydroxylation sites is 2. The molecule has 0 fully saturated rings. The van der Waals surface area contributed by atoms with E-state index in [-0.39, 0.29) is 195 Å². The predicted octanol–water partition coefficient (Wildman–Crippen LogP) is 37.3. The fourth-order valence-corrected chi connectivity index (χ4v) is 19.4. The normalized spacial score (nSPS) is 14.0. The summed E-state index contributed by atoms with van der Waals surface area (Å²) < 4.78 is 182. The highest BCUT2D eigenvalue weighted by atomic mass is 32.1. The average Bonchev–Trinajstić information content (AvgIpc) is 1.58. The van der Waals surface area contributed by atoms with E-state index in [4.69, 9.17) is 36.2 Å². The summed E-state index contributed by atoms with van der Waals surface area (Å²) in [6, 6.07) is 65.5. The van der Waals surface area contributed by atoms with Gasteiger partial charge in [0.2, 0.25) is 0 Å². The van der Waals surface area contributed by atoms with Gasteiger partial charge >= 0.3 is 0 Å². The van der Waals surface area contributed by atoms with Crippen LogP contribution in [0.15, 0.2) is 342 Å². The summed E-state index contributed by atoms with van der Waals surface area (Å²) in [5.41, 5.74) is 14.4. The van der Waals surface area contributed by atoms with E-state index in [1.165, 1.54) is 52.7 Å². The Hall–Kier alpha value is -11.4. The van der Waals surface area contributed by atoms with Gasteiger partial charge in [-0.15, -0.1) is 34.0 Å². The Morgan fingerprint density at radius 2 is 0.525 bits per heavy atom. The van der Waals surface area contributed by atoms with Crippen LogP contribution >= 0.6 is 34.0 Å². The van der Waals surface area contributed by atoms with Crippen molar-refractivity contribution >= 4 is 138 Å². The van der Waals surface area contributed by atoms with Crippen molar-refractivity contribution in [3.8, 4) is 55.6 Å². The summed E-state index contributed by atoms with van der Waals surface area (Å²) in [7, 11) is 0. The van der Waals surface area contributed by atoms with Crippen molar-refractivity contribution in [2.75, 3.05) is 0 Å². The molecule has 0 unspecified atom stereocenters. The molecule has 0 N–H and O–H groups in total. The summed E-state index contributed by atoms with van der Waals surface area (Å²) in [6.45, 7) is 32.7. The van der Waals surface area contributed by atoms with Crippen LogP contribution in [0.3, 0.4) is 0 Å². The number of fused-ring (bicyclic) bond motifs is 15. The second-order valence-electron chi connectivity index (χ2n) is 33.9. The third-order valence-electron chi connectivity index (χ3n) is 20.8. The third kappa shape index (κ3) is 17.8. The molecule has 15 aromatic carbocycles. The van der Waals surface area contributed by atoms with Crippen LogP contribution in [0.2, 0.25) is 0 Å². The minimum absolute atomic E-state index is 0. The van der Waals surface area contributed by atoms with Gasteiger partial charge in [0, 0.05) is 93.2 Å². The molecule has 0 aliphatic heterocycles. The van der Waals surface area contributed by atoms with Crippen LogP contribution in [0.1, 0.15) is 196 Å². The molecule has 610 valence electrons. The van der Waals surface area contributed by atoms with E-state index in [1.807, 2.05) is 96.3 Å². The molecular formula is C115H120O2S3. The summed E-state index contributed by atoms with van der Waals surface area (Å²) in [4.78, 5) is 0. The Labute approximate surface area is 755 Å². The topological polar surface area (TPSA) is 26.3 Å². The SMILES string of the molecule is C.C.C.C.C.CC(C)(C)c1cccc2sc3cccc(-c4ccccc4)c3c12.[2H]c1c([2H])c([2H])c(-c2cccc3c2oc2c(C(C)(C)C)cccc23)c([2H])c1[2H].[2H]c1c([2H])c([2H])c(-c2cccc3c2sc2c(C(C)(C)C)cccc23)c([2H])c1[2H].[2H]c1c([2H])c([2H])c(-c2cccc3oc4cccc(C(C)(C)C)c4c23)c([2H])c1[2H].[2H]c1c([2H])c([2H])c(-c2cccc3sc4cccc(C(C)(C)C)c4c23)c([2H])c1[2H]. The summed E-state index contributed by atoms with van der Waals surface area (Å²) in [6.07, 6.45) is 0. The molecule has 0 saturated carbocycles. The molecule has 0 radical (unpaired) electrons. The second kappa shape index (κ2) is 36.2. The van der Waals surface area contributed by atoms with Crippen LogP contribution in [0, 0.1) is 0 Å². The van der Waals surface area contributed by atoms with Gasteiger partial charge in [-0.05, 0) is 136 Å². The largest absolute Gasteiger partial charge is 0.456 e. The number of rotatable bonds is 5. The van der Waals surface area contributed by atoms with Gasteiger partial charge in [-0.3, -0.25) is 0 Å². The maximum atomic E-state index is 8.42. The van der Waals surface area contributed by atoms with Gasteiger partial charge in [0.25, 0.3) is 0 Å². The zero-order valence-electron chi connectivity index (χ0n) is 87.2. The van der Waals surface area contributed by atoms with Crippen LogP contribution in [0.4, 0.5) is 0 Å². The average molecular weight is 1650 g/mol. The first-order valence-corrected chi connectivity index (χ1v) is 41.1. The lowest BCUT2D eigenvalue weighted by atomic mass is 9.83. The fourth-order valence-electron chi connectivity index (χ4n) is 15.5. The number of hydrogen-bond acceptors (Lipinski definition) is 5. The Morgan fingerprint density at radius 1 is 0.217 bits per heavy atom. The number of benzene rings is 15. The van der Waals surface area contributed by atoms with E-state index < -0.39 is 12.1 Å². The molecule has 0 amide bonds. The van der Waals surface area contributed by atoms with Crippen molar-refractivity contribution in [2.45, 2.75) is 168 Å². The maximum Gasteiger partial charge on any atom is 0.143 e. The van der Waals surface area contributed by atoms with Crippen LogP contribution < -0.4 is 0 Å². The molecule has 0 aliphatic carbocycles. The first kappa shape index (κ1) is 65.4. The second-order valence-corrected chi connectivity index (χ2v) is 37.1. The zero-order valence-corrected chi connectivity index (χ0v) is 69.7. The van der Waals surface area contributed by atoms with Crippen molar-refractivity contribution in [3.63, 3.8) is 0 Å². The summed E-state index contributed by atoms with van der Waals surface area (Å²) in [5, 5.41) is 10.6. The summed E-state index contributed by atoms with van der Waals surface area (Å²) >= 11 is 5.21. The lowest BCUT2D eigenvalue weighted by Crippen LogP contribution is -2.11. The Bertz CT molecular complexity index is 7700. The molecule has 0 spiro atoms. The molecule has 120 heavy (non-hydrogen) atoms. The van der Waals surface area contributed by atoms with E-state index in [0.29, 0.717) is 33.4 Å². The van der Waals surface area contributed by atoms with Gasteiger partial charge in [-0.1, -0.05) is 438 Å². The molecule has 20 aromatic rings. The van der Waals surface area contributed by atoms with Crippen LogP contribution in [-0.4, -0.2) is 0 Å². The molecular weight excluding hydrogens is 1510 g/mol. The number of hydrogen-bond donors (Lipinski definition) is 0. The molecule has 5 heteroatoms. The van der Waals surface area contributed by atoms with Gasteiger partial charge in [-0.2, -0.15) is 0 Å². The van der Waals surface area contributed by atoms with Crippen molar-refractivity contribution in [2.24, 2.45) is 0 Å². The molecule has 0 aliphatic rings. The molecule has 20 rings (SSSR count). The molecule has 5 aromatic heterocycles. The van der Waals surface area contributed by atoms with Crippen LogP contribution in [0.25, 0.3) is 160 Å². The first-order chi connectivity index (χ1) is 63.6. The van der Waals surface area contributed by atoms with Crippen molar-refractivity contribution < 1.29 is 36.2 Å². The highest BCUT2D eigenvalue weighted by Crippen LogP contribution is 2.49. The molecule has 5 heterocycles. The lowest BCUT2D eigenvalue weighted by molar-refractivity contribution is 0.573. The molecule has 0 bridgehead atoms. The standard InChI is InChI=1S/2C22H20O.3C22H20S.5CH4/c1-22(2,3)17-12-8-14-19-21(17)20-16(11-7-13-18(20)23-19)15-9-5-4-6-10-15;1-22(2,3)19-14-8-13-18-17-12-7-11-16(20(17)23-21(18)19)15-9-5-4-6-10-15;2*1-22(2,3)17-12-8-14-19-21(17)20-16(11-7-13-18(20)23-19)15-9-5-4-6-10-15;1-22(2,3)19-14-8-13-18-17-12-7-11-16(20(17)23-21(18)19)15-9-5-4-6-10-15;;;;;/h5*4-14H,1-3H3;5*1H4/i3*4D,5D,6D,9D,10D;;4D,5D,6D,9D,10D;;;;;. The Balaban J connectivity index is 0.000000166. The third-order valence-corrected chi connectivity index (χ3v) is 24.3. The van der Waals surface area contributed by atoms with Gasteiger partial charge in [-0.25, -0.2) is 0 Å². The molecule has 0 saturated heterocycles. The van der Waals surface area contributed by atoms with E-state index in [2.05, 4.69) is 213 Å². The van der Waals surface area contributed by atoms with E-state index in [1.54, 1.807) is 40.9 Å². The minimum atomic E-state index is -0.398. The van der Waals surface area contributed by atoms with Crippen molar-refractivity contribution in [1.82, 2.24) is 0 Å². The lowest BCUT2D eigenvalue weighted by Gasteiger charge is -2.21. The Kier molecular flexibility index (Phi) is 19.8. The first-order valence-electron chi connectivity index (χ1n) is 48.6. The van der Waals surface area contributed by atoms with Gasteiger partial charge in [0.05, 0.1) is 27.4 Å². The highest BCUT2D eigenvalue weighted by Gasteiger charge is 2.27. The number of furan rings is 2. The maximum absolute atomic E-state index is 8.42. The highest BCUT2D eigenvalue weighted by molar-refractivity contribution is 7.27. The minimum Gasteiger partial charge on any atom is -0.456 e. The van der Waals surface area contributed by atoms with E-state index in [0.717, 1.165) is 79.5 Å². The quantitative estimate of drug-likeness (QED) is 0.172. The van der Waals surface area contributed by atoms with E-state index in [9.17, 15) is 0 Å². The molecule has 2 nitrogen and oxygen atoms in total. The zero-order chi connectivity index (χ0) is 97.5. The molecule has 0 atom stereocenters. The van der Waals surface area contributed by atoms with Crippen molar-refractivity contribution in [1.29, 1.82) is 0 Å². The van der Waals surface area contributed by atoms with Crippen LogP contribution in [-0.2, 0) is 27.1 Å². The van der Waals surface area contributed by atoms with Crippen molar-refractivity contribution in [3.05, 3.63) is 361 Å². The fraction of sp³-hybridized carbons (Fsp3) is 0.217. The monoisotopic (exact) mass is 1650 g/mol. The summed E-state index contributed by atoms with van der Waals surface area (Å²) in [5.74, 6) is 0. The van der Waals surface area contributed by atoms with Gasteiger partial charge < -0.3 is 8.83 Å². The van der Waals surface area contributed by atoms with Crippen LogP contribution in [0.5, 0.6) is 0 Å². The van der Waals surface area contributed by atoms with Gasteiger partial charge in [0.15, 0.2) is 0 Å². The smallest absolute Gasteiger partial charge is 0.143 e. The number of thiophene rings is 3. The van der Waals surface area contributed by atoms with E-state index >= 15 is 0 Å². The van der Waals surface area contributed by atoms with Gasteiger partial charge in [0.1, 0.15) is 22.3 Å². The Morgan fingerprint density at radius 3 is 0.983 bits per heavy atom. The predicted molar refractivity (Wildman–Crippen MR) is 540 cm³/mol.